The molecule has 0 atom stereocenters. The highest BCUT2D eigenvalue weighted by Gasteiger charge is 2.19. The van der Waals surface area contributed by atoms with Gasteiger partial charge in [0.2, 0.25) is 0 Å². The molecule has 0 saturated carbocycles. The molecule has 0 spiro atoms. The van der Waals surface area contributed by atoms with Gasteiger partial charge in [-0.15, -0.1) is 0 Å². The van der Waals surface area contributed by atoms with Gasteiger partial charge < -0.3 is 15.8 Å². The van der Waals surface area contributed by atoms with E-state index in [0.29, 0.717) is 5.75 Å². The maximum atomic E-state index is 12.3. The summed E-state index contributed by atoms with van der Waals surface area (Å²) in [6, 6.07) is 4.88. The van der Waals surface area contributed by atoms with Crippen LogP contribution in [0, 0.1) is 0 Å². The largest absolute Gasteiger partial charge is 0.496 e. The van der Waals surface area contributed by atoms with E-state index in [1.807, 2.05) is 0 Å². The minimum atomic E-state index is -0.515. The van der Waals surface area contributed by atoms with E-state index >= 15 is 0 Å². The number of nitrogens with two attached hydrogens (primary N) is 1. The van der Waals surface area contributed by atoms with Crippen LogP contribution in [0.2, 0.25) is 10.3 Å². The van der Waals surface area contributed by atoms with Crippen molar-refractivity contribution >= 4 is 40.5 Å². The lowest BCUT2D eigenvalue weighted by Gasteiger charge is -2.12. The Hall–Kier alpha value is -2.05. The van der Waals surface area contributed by atoms with E-state index in [0.717, 1.165) is 0 Å². The molecule has 1 amide bonds. The summed E-state index contributed by atoms with van der Waals surface area (Å²) >= 11 is 11.7. The number of hydrogen-bond donors (Lipinski definition) is 2. The Morgan fingerprint density at radius 2 is 1.95 bits per heavy atom. The molecule has 0 radical (unpaired) electrons. The van der Waals surface area contributed by atoms with Crippen LogP contribution in [-0.2, 0) is 0 Å². The number of aromatic nitrogens is 2. The highest BCUT2D eigenvalue weighted by Crippen LogP contribution is 2.29. The second-order valence-electron chi connectivity index (χ2n) is 3.71. The fourth-order valence-corrected chi connectivity index (χ4v) is 1.99. The van der Waals surface area contributed by atoms with Gasteiger partial charge in [0, 0.05) is 5.69 Å². The zero-order valence-corrected chi connectivity index (χ0v) is 11.9. The summed E-state index contributed by atoms with van der Waals surface area (Å²) in [4.78, 5) is 19.8. The molecule has 8 heteroatoms. The maximum Gasteiger partial charge on any atom is 0.261 e. The van der Waals surface area contributed by atoms with Gasteiger partial charge in [-0.05, 0) is 12.1 Å². The Balaban J connectivity index is 2.39. The molecule has 104 valence electrons. The van der Waals surface area contributed by atoms with Crippen molar-refractivity contribution in [3.63, 3.8) is 0 Å². The van der Waals surface area contributed by atoms with Crippen molar-refractivity contribution < 1.29 is 9.53 Å². The monoisotopic (exact) mass is 312 g/mol. The first-order chi connectivity index (χ1) is 9.54. The molecule has 1 aromatic carbocycles. The summed E-state index contributed by atoms with van der Waals surface area (Å²) in [7, 11) is 1.44. The molecular weight excluding hydrogens is 303 g/mol. The molecule has 3 N–H and O–H groups in total. The Labute approximate surface area is 124 Å². The Bertz CT molecular complexity index is 644. The number of methoxy groups -OCH3 is 1. The summed E-state index contributed by atoms with van der Waals surface area (Å²) in [6.07, 6.45) is 1.19. The van der Waals surface area contributed by atoms with E-state index in [2.05, 4.69) is 15.3 Å². The van der Waals surface area contributed by atoms with Crippen molar-refractivity contribution in [1.29, 1.82) is 0 Å². The highest BCUT2D eigenvalue weighted by molar-refractivity contribution is 6.38. The van der Waals surface area contributed by atoms with Gasteiger partial charge in [0.15, 0.2) is 10.3 Å². The van der Waals surface area contributed by atoms with E-state index in [1.165, 1.54) is 13.4 Å². The number of halogens is 2. The lowest BCUT2D eigenvalue weighted by molar-refractivity contribution is 0.102. The molecule has 2 aromatic rings. The normalized spacial score (nSPS) is 10.2. The zero-order valence-electron chi connectivity index (χ0n) is 10.4. The van der Waals surface area contributed by atoms with Crippen LogP contribution in [0.1, 0.15) is 10.4 Å². The number of nitrogen functional groups attached to an aromatic ring is 1. The van der Waals surface area contributed by atoms with E-state index in [-0.39, 0.29) is 27.2 Å². The number of anilines is 2. The van der Waals surface area contributed by atoms with E-state index in [1.54, 1.807) is 18.2 Å². The lowest BCUT2D eigenvalue weighted by Crippen LogP contribution is -2.16. The van der Waals surface area contributed by atoms with Crippen LogP contribution in [0.4, 0.5) is 11.4 Å². The molecule has 1 heterocycles. The van der Waals surface area contributed by atoms with Gasteiger partial charge in [-0.2, -0.15) is 0 Å². The topological polar surface area (TPSA) is 90.1 Å². The fraction of sp³-hybridized carbons (Fsp3) is 0.0833. The van der Waals surface area contributed by atoms with Crippen molar-refractivity contribution in [2.45, 2.75) is 0 Å². The van der Waals surface area contributed by atoms with Crippen molar-refractivity contribution in [1.82, 2.24) is 9.97 Å². The standard InChI is InChI=1S/C12H10Cl2N4O2/c1-20-7-4-2-3-6(15)8(7)12(19)18-9-10(13)16-5-17-11(9)14/h2-5H,15H2,1H3,(H,18,19). The van der Waals surface area contributed by atoms with Gasteiger partial charge in [0.1, 0.15) is 23.3 Å². The van der Waals surface area contributed by atoms with Crippen LogP contribution >= 0.6 is 23.2 Å². The Kier molecular flexibility index (Phi) is 4.26. The highest BCUT2D eigenvalue weighted by atomic mass is 35.5. The summed E-state index contributed by atoms with van der Waals surface area (Å²) < 4.78 is 5.11. The lowest BCUT2D eigenvalue weighted by atomic mass is 10.1. The Morgan fingerprint density at radius 3 is 2.55 bits per heavy atom. The molecule has 1 aromatic heterocycles. The number of carbonyl (C=O) groups excluding carboxylic acids is 1. The van der Waals surface area contributed by atoms with Crippen LogP contribution < -0.4 is 15.8 Å². The van der Waals surface area contributed by atoms with Crippen molar-refractivity contribution in [3.05, 3.63) is 40.4 Å². The van der Waals surface area contributed by atoms with Crippen LogP contribution in [0.15, 0.2) is 24.5 Å². The third-order valence-electron chi connectivity index (χ3n) is 2.50. The smallest absolute Gasteiger partial charge is 0.261 e. The number of amides is 1. The molecule has 6 nitrogen and oxygen atoms in total. The summed E-state index contributed by atoms with van der Waals surface area (Å²) in [5, 5.41) is 2.59. The number of rotatable bonds is 3. The third-order valence-corrected chi connectivity index (χ3v) is 3.07. The van der Waals surface area contributed by atoms with Gasteiger partial charge in [0.05, 0.1) is 7.11 Å². The SMILES string of the molecule is COc1cccc(N)c1C(=O)Nc1c(Cl)ncnc1Cl. The third kappa shape index (κ3) is 2.76. The minimum absolute atomic E-state index is 0.0341. The molecular formula is C12H10Cl2N4O2. The number of ether oxygens (including phenoxy) is 1. The van der Waals surface area contributed by atoms with Crippen molar-refractivity contribution in [3.8, 4) is 5.75 Å². The van der Waals surface area contributed by atoms with Crippen molar-refractivity contribution in [2.75, 3.05) is 18.2 Å². The van der Waals surface area contributed by atoms with Gasteiger partial charge >= 0.3 is 0 Å². The first-order valence-electron chi connectivity index (χ1n) is 5.44. The number of benzene rings is 1. The van der Waals surface area contributed by atoms with Crippen LogP contribution in [0.3, 0.4) is 0 Å². The van der Waals surface area contributed by atoms with Crippen molar-refractivity contribution in [2.24, 2.45) is 0 Å². The minimum Gasteiger partial charge on any atom is -0.496 e. The molecule has 2 rings (SSSR count). The number of nitrogens with one attached hydrogen (secondary N) is 1. The first-order valence-corrected chi connectivity index (χ1v) is 6.20. The maximum absolute atomic E-state index is 12.3. The number of carbonyl (C=O) groups is 1. The van der Waals surface area contributed by atoms with Gasteiger partial charge in [-0.3, -0.25) is 4.79 Å². The zero-order chi connectivity index (χ0) is 14.7. The van der Waals surface area contributed by atoms with Gasteiger partial charge in [-0.1, -0.05) is 29.3 Å². The second-order valence-corrected chi connectivity index (χ2v) is 4.42. The molecule has 0 unspecified atom stereocenters. The number of hydrogen-bond acceptors (Lipinski definition) is 5. The fourth-order valence-electron chi connectivity index (χ4n) is 1.58. The average molecular weight is 313 g/mol. The second kappa shape index (κ2) is 5.94. The molecule has 0 bridgehead atoms. The molecule has 20 heavy (non-hydrogen) atoms. The molecule has 0 fully saturated rings. The predicted octanol–water partition coefficient (Wildman–Crippen LogP) is 2.63. The first kappa shape index (κ1) is 14.4. The Morgan fingerprint density at radius 1 is 1.30 bits per heavy atom. The number of nitrogens with zero attached hydrogens (tertiary/aromatic N) is 2. The summed E-state index contributed by atoms with van der Waals surface area (Å²) in [5.74, 6) is -0.176. The van der Waals surface area contributed by atoms with Crippen LogP contribution in [0.25, 0.3) is 0 Å². The molecule has 0 aliphatic carbocycles. The summed E-state index contributed by atoms with van der Waals surface area (Å²) in [6.45, 7) is 0. The van der Waals surface area contributed by atoms with E-state index < -0.39 is 5.91 Å². The van der Waals surface area contributed by atoms with Crippen LogP contribution in [0.5, 0.6) is 5.75 Å². The molecule has 0 saturated heterocycles. The molecule has 0 aliphatic rings. The van der Waals surface area contributed by atoms with E-state index in [4.69, 9.17) is 33.7 Å². The van der Waals surface area contributed by atoms with E-state index in [9.17, 15) is 4.79 Å². The average Bonchev–Trinajstić information content (AvgIpc) is 2.42. The van der Waals surface area contributed by atoms with Gasteiger partial charge in [-0.25, -0.2) is 9.97 Å². The molecule has 0 aliphatic heterocycles. The van der Waals surface area contributed by atoms with Crippen LogP contribution in [-0.4, -0.2) is 23.0 Å². The summed E-state index contributed by atoms with van der Waals surface area (Å²) in [5.41, 5.74) is 6.36. The quantitative estimate of drug-likeness (QED) is 0.671. The van der Waals surface area contributed by atoms with Gasteiger partial charge in [0.25, 0.3) is 5.91 Å². The predicted molar refractivity (Wildman–Crippen MR) is 77.4 cm³/mol.